The van der Waals surface area contributed by atoms with E-state index in [2.05, 4.69) is 6.92 Å². The first-order valence-corrected chi connectivity index (χ1v) is 6.76. The minimum absolute atomic E-state index is 0.00263. The van der Waals surface area contributed by atoms with Crippen molar-refractivity contribution in [2.45, 2.75) is 32.2 Å². The molecule has 0 heterocycles. The number of aliphatic hydroxyl groups excluding tert-OH is 1. The minimum atomic E-state index is -0.0113. The van der Waals surface area contributed by atoms with Crippen LogP contribution in [0.5, 0.6) is 0 Å². The van der Waals surface area contributed by atoms with Gasteiger partial charge in [0.05, 0.1) is 13.2 Å². The molecule has 3 unspecified atom stereocenters. The first-order chi connectivity index (χ1) is 8.61. The van der Waals surface area contributed by atoms with Crippen molar-refractivity contribution in [2.24, 2.45) is 17.6 Å². The number of carbonyl (C=O) groups excluding carboxylic acids is 1. The second-order valence-electron chi connectivity index (χ2n) is 5.10. The Balaban J connectivity index is 2.62. The third kappa shape index (κ3) is 3.93. The summed E-state index contributed by atoms with van der Waals surface area (Å²) in [5.41, 5.74) is 6.04. The topological polar surface area (TPSA) is 75.8 Å². The van der Waals surface area contributed by atoms with Crippen LogP contribution in [0.3, 0.4) is 0 Å². The molecule has 1 aliphatic rings. The van der Waals surface area contributed by atoms with Gasteiger partial charge in [0.25, 0.3) is 0 Å². The number of methoxy groups -OCH3 is 1. The molecule has 0 aromatic carbocycles. The summed E-state index contributed by atoms with van der Waals surface area (Å²) in [6, 6.07) is 0.117. The van der Waals surface area contributed by atoms with E-state index in [0.29, 0.717) is 19.7 Å². The van der Waals surface area contributed by atoms with Gasteiger partial charge in [-0.2, -0.15) is 0 Å². The van der Waals surface area contributed by atoms with Gasteiger partial charge in [0.1, 0.15) is 0 Å². The van der Waals surface area contributed by atoms with E-state index < -0.39 is 0 Å². The van der Waals surface area contributed by atoms with Gasteiger partial charge in [0, 0.05) is 32.2 Å². The summed E-state index contributed by atoms with van der Waals surface area (Å²) in [5, 5.41) is 9.04. The molecule has 0 saturated heterocycles. The quantitative estimate of drug-likeness (QED) is 0.714. The van der Waals surface area contributed by atoms with E-state index >= 15 is 0 Å². The van der Waals surface area contributed by atoms with Gasteiger partial charge in [0.15, 0.2) is 0 Å². The molecule has 0 radical (unpaired) electrons. The van der Waals surface area contributed by atoms with E-state index in [-0.39, 0.29) is 30.4 Å². The van der Waals surface area contributed by atoms with Crippen molar-refractivity contribution in [1.29, 1.82) is 0 Å². The van der Waals surface area contributed by atoms with Crippen molar-refractivity contribution in [3.63, 3.8) is 0 Å². The van der Waals surface area contributed by atoms with Crippen molar-refractivity contribution < 1.29 is 14.6 Å². The number of hydrogen-bond donors (Lipinski definition) is 2. The summed E-state index contributed by atoms with van der Waals surface area (Å²) in [5.74, 6) is 0.330. The van der Waals surface area contributed by atoms with E-state index in [4.69, 9.17) is 15.6 Å². The summed E-state index contributed by atoms with van der Waals surface area (Å²) >= 11 is 0. The van der Waals surface area contributed by atoms with Crippen LogP contribution in [0.15, 0.2) is 0 Å². The molecule has 1 amide bonds. The van der Waals surface area contributed by atoms with Crippen LogP contribution in [0.2, 0.25) is 0 Å². The predicted molar refractivity (Wildman–Crippen MR) is 70.0 cm³/mol. The normalized spacial score (nSPS) is 28.1. The second kappa shape index (κ2) is 7.71. The monoisotopic (exact) mass is 258 g/mol. The predicted octanol–water partition coefficient (Wildman–Crippen LogP) is 0.217. The number of hydrogen-bond acceptors (Lipinski definition) is 4. The molecule has 5 nitrogen and oxygen atoms in total. The lowest BCUT2D eigenvalue weighted by Crippen LogP contribution is -2.47. The van der Waals surface area contributed by atoms with Crippen LogP contribution in [-0.2, 0) is 9.53 Å². The number of amides is 1. The molecule has 1 aliphatic carbocycles. The number of carbonyl (C=O) groups is 1. The van der Waals surface area contributed by atoms with E-state index in [1.807, 2.05) is 0 Å². The van der Waals surface area contributed by atoms with Crippen molar-refractivity contribution in [2.75, 3.05) is 33.4 Å². The maximum absolute atomic E-state index is 12.5. The first-order valence-electron chi connectivity index (χ1n) is 6.76. The molecule has 0 bridgehead atoms. The van der Waals surface area contributed by atoms with Crippen LogP contribution in [0.25, 0.3) is 0 Å². The number of rotatable bonds is 6. The highest BCUT2D eigenvalue weighted by molar-refractivity contribution is 5.79. The maximum Gasteiger partial charge on any atom is 0.226 e. The van der Waals surface area contributed by atoms with E-state index in [1.165, 1.54) is 0 Å². The van der Waals surface area contributed by atoms with Crippen molar-refractivity contribution in [3.8, 4) is 0 Å². The summed E-state index contributed by atoms with van der Waals surface area (Å²) < 4.78 is 5.00. The largest absolute Gasteiger partial charge is 0.395 e. The smallest absolute Gasteiger partial charge is 0.226 e. The minimum Gasteiger partial charge on any atom is -0.395 e. The van der Waals surface area contributed by atoms with Gasteiger partial charge in [-0.15, -0.1) is 0 Å². The molecule has 5 heteroatoms. The van der Waals surface area contributed by atoms with Gasteiger partial charge in [-0.25, -0.2) is 0 Å². The zero-order chi connectivity index (χ0) is 13.5. The molecule has 0 aliphatic heterocycles. The summed E-state index contributed by atoms with van der Waals surface area (Å²) in [6.45, 7) is 3.45. The van der Waals surface area contributed by atoms with Gasteiger partial charge in [-0.3, -0.25) is 4.79 Å². The van der Waals surface area contributed by atoms with Gasteiger partial charge in [-0.05, 0) is 18.8 Å². The molecule has 0 spiro atoms. The third-order valence-corrected chi connectivity index (χ3v) is 3.93. The fourth-order valence-electron chi connectivity index (χ4n) is 2.63. The fraction of sp³-hybridized carbons (Fsp3) is 0.923. The number of aliphatic hydroxyl groups is 1. The Morgan fingerprint density at radius 1 is 1.44 bits per heavy atom. The molecule has 106 valence electrons. The van der Waals surface area contributed by atoms with Crippen LogP contribution in [0, 0.1) is 11.8 Å². The Kier molecular flexibility index (Phi) is 6.60. The van der Waals surface area contributed by atoms with Crippen LogP contribution in [0.4, 0.5) is 0 Å². The van der Waals surface area contributed by atoms with Gasteiger partial charge >= 0.3 is 0 Å². The van der Waals surface area contributed by atoms with Crippen LogP contribution < -0.4 is 5.73 Å². The van der Waals surface area contributed by atoms with Crippen LogP contribution in [0.1, 0.15) is 26.2 Å². The molecule has 18 heavy (non-hydrogen) atoms. The maximum atomic E-state index is 12.5. The first kappa shape index (κ1) is 15.4. The Morgan fingerprint density at radius 2 is 2.17 bits per heavy atom. The Hall–Kier alpha value is -0.650. The number of nitrogens with two attached hydrogens (primary N) is 1. The van der Waals surface area contributed by atoms with Crippen molar-refractivity contribution in [3.05, 3.63) is 0 Å². The molecule has 0 aromatic rings. The highest BCUT2D eigenvalue weighted by atomic mass is 16.5. The lowest BCUT2D eigenvalue weighted by atomic mass is 9.76. The molecule has 0 aromatic heterocycles. The second-order valence-corrected chi connectivity index (χ2v) is 5.10. The third-order valence-electron chi connectivity index (χ3n) is 3.93. The Labute approximate surface area is 109 Å². The molecule has 1 saturated carbocycles. The van der Waals surface area contributed by atoms with Gasteiger partial charge in [-0.1, -0.05) is 13.3 Å². The Bertz CT molecular complexity index is 261. The molecular formula is C13H26N2O3. The summed E-state index contributed by atoms with van der Waals surface area (Å²) in [6.07, 6.45) is 2.92. The molecule has 1 fully saturated rings. The van der Waals surface area contributed by atoms with Crippen LogP contribution in [-0.4, -0.2) is 55.4 Å². The summed E-state index contributed by atoms with van der Waals surface area (Å²) in [7, 11) is 1.61. The SMILES string of the molecule is COCCN(CCO)C(=O)C1CCCC(N)C1C. The van der Waals surface area contributed by atoms with Gasteiger partial charge < -0.3 is 20.5 Å². The van der Waals surface area contributed by atoms with E-state index in [9.17, 15) is 4.79 Å². The van der Waals surface area contributed by atoms with E-state index in [0.717, 1.165) is 19.3 Å². The lowest BCUT2D eigenvalue weighted by Gasteiger charge is -2.36. The summed E-state index contributed by atoms with van der Waals surface area (Å²) in [4.78, 5) is 14.2. The molecule has 3 atom stereocenters. The zero-order valence-electron chi connectivity index (χ0n) is 11.5. The number of nitrogens with zero attached hydrogens (tertiary/aromatic N) is 1. The molecule has 3 N–H and O–H groups in total. The molecule has 1 rings (SSSR count). The lowest BCUT2D eigenvalue weighted by molar-refractivity contribution is -0.139. The van der Waals surface area contributed by atoms with Crippen LogP contribution >= 0.6 is 0 Å². The van der Waals surface area contributed by atoms with E-state index in [1.54, 1.807) is 12.0 Å². The molecular weight excluding hydrogens is 232 g/mol. The van der Waals surface area contributed by atoms with Gasteiger partial charge in [0.2, 0.25) is 5.91 Å². The van der Waals surface area contributed by atoms with Crippen molar-refractivity contribution >= 4 is 5.91 Å². The average molecular weight is 258 g/mol. The standard InChI is InChI=1S/C13H26N2O3/c1-10-11(4-3-5-12(10)14)13(17)15(6-8-16)7-9-18-2/h10-12,16H,3-9,14H2,1-2H3. The number of ether oxygens (including phenoxy) is 1. The zero-order valence-corrected chi connectivity index (χ0v) is 11.5. The highest BCUT2D eigenvalue weighted by Crippen LogP contribution is 2.30. The Morgan fingerprint density at radius 3 is 2.78 bits per heavy atom. The fourth-order valence-corrected chi connectivity index (χ4v) is 2.63. The highest BCUT2D eigenvalue weighted by Gasteiger charge is 2.34. The van der Waals surface area contributed by atoms with Crippen molar-refractivity contribution in [1.82, 2.24) is 4.90 Å². The average Bonchev–Trinajstić information content (AvgIpc) is 2.37.